The predicted molar refractivity (Wildman–Crippen MR) is 177 cm³/mol. The number of rotatable bonds is 2. The third kappa shape index (κ3) is 8.32. The van der Waals surface area contributed by atoms with Gasteiger partial charge >= 0.3 is 38.8 Å². The van der Waals surface area contributed by atoms with Crippen molar-refractivity contribution in [2.45, 2.75) is 55.4 Å². The van der Waals surface area contributed by atoms with Crippen molar-refractivity contribution in [2.24, 2.45) is 10.8 Å². The van der Waals surface area contributed by atoms with Gasteiger partial charge in [-0.3, -0.25) is 4.79 Å². The average molecular weight is 645 g/mol. The molecule has 1 N–H and O–H groups in total. The van der Waals surface area contributed by atoms with Crippen LogP contribution in [0.4, 0.5) is 25.2 Å². The summed E-state index contributed by atoms with van der Waals surface area (Å²) in [6, 6.07) is 26.3. The van der Waals surface area contributed by atoms with Gasteiger partial charge in [0, 0.05) is 0 Å². The van der Waals surface area contributed by atoms with E-state index in [1.54, 1.807) is 0 Å². The molecule has 8 heteroatoms. The Morgan fingerprint density at radius 2 is 0.867 bits per heavy atom. The Bertz CT molecular complexity index is 1700. The number of allylic oxidation sites excluding steroid dienone is 5. The van der Waals surface area contributed by atoms with E-state index < -0.39 is 7.81 Å². The molecule has 5 aliphatic carbocycles. The number of hydrogen-bond acceptors (Lipinski definition) is 0. The molecule has 0 saturated carbocycles. The molecule has 5 aliphatic rings. The van der Waals surface area contributed by atoms with Crippen LogP contribution < -0.4 is 0 Å². The Hall–Kier alpha value is -3.70. The molecule has 5 rings (SSSR count). The third-order valence-corrected chi connectivity index (χ3v) is 7.78. The van der Waals surface area contributed by atoms with E-state index in [2.05, 4.69) is 140 Å². The van der Waals surface area contributed by atoms with Crippen LogP contribution in [0.2, 0.25) is 0 Å². The molecule has 0 atom stereocenters. The fourth-order valence-corrected chi connectivity index (χ4v) is 5.79. The second kappa shape index (κ2) is 10.7. The molecule has 0 bridgehead atoms. The van der Waals surface area contributed by atoms with Crippen LogP contribution in [0.15, 0.2) is 102 Å². The van der Waals surface area contributed by atoms with E-state index >= 15 is 0 Å². The first kappa shape index (κ1) is 34.2. The molecule has 0 saturated heterocycles. The quantitative estimate of drug-likeness (QED) is 0.118. The molecule has 240 valence electrons. The van der Waals surface area contributed by atoms with E-state index in [1.807, 2.05) is 0 Å². The van der Waals surface area contributed by atoms with Crippen LogP contribution in [0.5, 0.6) is 0 Å². The molecule has 0 aromatic rings. The molecular formula is C37H39F6OP. The summed E-state index contributed by atoms with van der Waals surface area (Å²) in [6.07, 6.45) is 4.46. The summed E-state index contributed by atoms with van der Waals surface area (Å²) in [4.78, 5) is 11.5. The van der Waals surface area contributed by atoms with Crippen molar-refractivity contribution < 1.29 is 30.0 Å². The van der Waals surface area contributed by atoms with Gasteiger partial charge < -0.3 is 0 Å². The summed E-state index contributed by atoms with van der Waals surface area (Å²) in [5.41, 5.74) is 13.9. The van der Waals surface area contributed by atoms with Crippen molar-refractivity contribution in [3.05, 3.63) is 124 Å². The number of fused-ring (bicyclic) bond motifs is 2. The molecule has 0 fully saturated rings. The number of ketones is 1. The van der Waals surface area contributed by atoms with Crippen molar-refractivity contribution in [3.8, 4) is 22.3 Å². The molecule has 0 aliphatic heterocycles. The van der Waals surface area contributed by atoms with Gasteiger partial charge in [0.2, 0.25) is 0 Å². The van der Waals surface area contributed by atoms with Gasteiger partial charge in [0.1, 0.15) is 0 Å². The SMILES string of the molecule is Cc1cc(C(=C2C=C(C(C)(C)C)C(=[OH+])C(C(C)(C)C)=C2)c2cc(C)c3cccccc2-3)c2cccccc1-2.F[P-](F)(F)(F)(F)F. The third-order valence-electron chi connectivity index (χ3n) is 7.78. The number of hydrogen-bond donors (Lipinski definition) is 0. The normalized spacial score (nSPS) is 16.0. The van der Waals surface area contributed by atoms with Gasteiger partial charge in [-0.15, -0.1) is 0 Å². The molecule has 0 spiro atoms. The summed E-state index contributed by atoms with van der Waals surface area (Å²) in [5, 5.41) is 0. The first-order valence-electron chi connectivity index (χ1n) is 14.6. The predicted octanol–water partition coefficient (Wildman–Crippen LogP) is 13.2. The fourth-order valence-electron chi connectivity index (χ4n) is 5.79. The number of carbonyl (C=O) groups excluding carboxylic acids is 1. The molecule has 0 radical (unpaired) electrons. The van der Waals surface area contributed by atoms with E-state index in [4.69, 9.17) is 0 Å². The minimum atomic E-state index is -10.7. The van der Waals surface area contributed by atoms with Crippen molar-refractivity contribution >= 4 is 19.2 Å². The van der Waals surface area contributed by atoms with Crippen LogP contribution in [0, 0.1) is 24.7 Å². The van der Waals surface area contributed by atoms with E-state index in [-0.39, 0.29) is 10.8 Å². The standard InChI is InChI=1S/C37H38O.F6P/c1-23-19-30(28-17-13-9-11-15-26(23)28)34(31-20-24(2)27-16-12-10-14-18-29(27)31)25-21-32(36(3,4)5)35(38)33(22-25)37(6,7)8;1-7(2,3,4,5)6/h9-22H,1-8H3;/q;-1/p+1. The Balaban J connectivity index is 0.000000591. The summed E-state index contributed by atoms with van der Waals surface area (Å²) in [6.45, 7) is 17.5. The van der Waals surface area contributed by atoms with Crippen LogP contribution in [0.1, 0.15) is 63.8 Å². The maximum atomic E-state index is 11.5. The maximum absolute atomic E-state index is 11.5. The first-order chi connectivity index (χ1) is 20.3. The second-order valence-electron chi connectivity index (χ2n) is 13.7. The zero-order valence-corrected chi connectivity index (χ0v) is 27.6. The van der Waals surface area contributed by atoms with Gasteiger partial charge in [-0.25, -0.2) is 0 Å². The van der Waals surface area contributed by atoms with Crippen molar-refractivity contribution in [1.82, 2.24) is 0 Å². The average Bonchev–Trinajstić information content (AvgIpc) is 3.11. The van der Waals surface area contributed by atoms with E-state index in [1.165, 1.54) is 50.1 Å². The molecular weight excluding hydrogens is 605 g/mol. The zero-order chi connectivity index (χ0) is 33.8. The molecule has 0 heterocycles. The van der Waals surface area contributed by atoms with Gasteiger partial charge in [0.25, 0.3) is 0 Å². The number of aryl methyl sites for hydroxylation is 2. The topological polar surface area (TPSA) is 21.4 Å². The van der Waals surface area contributed by atoms with Crippen LogP contribution in [0.25, 0.3) is 27.8 Å². The van der Waals surface area contributed by atoms with Crippen molar-refractivity contribution in [2.75, 3.05) is 0 Å². The molecule has 0 aromatic heterocycles. The Kier molecular flexibility index (Phi) is 8.12. The van der Waals surface area contributed by atoms with E-state index in [0.717, 1.165) is 16.7 Å². The Labute approximate surface area is 261 Å². The zero-order valence-electron chi connectivity index (χ0n) is 26.7. The van der Waals surface area contributed by atoms with Crippen LogP contribution >= 0.6 is 7.81 Å². The van der Waals surface area contributed by atoms with Gasteiger partial charge in [-0.1, -0.05) is 114 Å². The first-order valence-corrected chi connectivity index (χ1v) is 16.6. The fraction of sp³-hybridized carbons (Fsp3) is 0.270. The van der Waals surface area contributed by atoms with Gasteiger partial charge in [0.15, 0.2) is 0 Å². The molecule has 1 nitrogen and oxygen atoms in total. The van der Waals surface area contributed by atoms with Crippen LogP contribution in [-0.2, 0) is 0 Å². The van der Waals surface area contributed by atoms with E-state index in [0.29, 0.717) is 5.78 Å². The monoisotopic (exact) mass is 644 g/mol. The van der Waals surface area contributed by atoms with Crippen molar-refractivity contribution in [3.63, 3.8) is 0 Å². The summed E-state index contributed by atoms with van der Waals surface area (Å²) in [7, 11) is -10.7. The Morgan fingerprint density at radius 3 is 1.18 bits per heavy atom. The Morgan fingerprint density at radius 1 is 0.556 bits per heavy atom. The molecule has 0 unspecified atom stereocenters. The summed E-state index contributed by atoms with van der Waals surface area (Å²) < 4.78 is 59.2. The van der Waals surface area contributed by atoms with Gasteiger partial charge in [-0.05, 0) is 92.5 Å². The molecule has 0 aromatic carbocycles. The van der Waals surface area contributed by atoms with E-state index in [9.17, 15) is 30.0 Å². The summed E-state index contributed by atoms with van der Waals surface area (Å²) in [5.74, 6) is 0.415. The van der Waals surface area contributed by atoms with Crippen LogP contribution in [-0.4, -0.2) is 10.6 Å². The van der Waals surface area contributed by atoms with Crippen molar-refractivity contribution in [1.29, 1.82) is 0 Å². The summed E-state index contributed by atoms with van der Waals surface area (Å²) >= 11 is 0. The minimum absolute atomic E-state index is 0.210. The molecule has 0 amide bonds. The van der Waals surface area contributed by atoms with Gasteiger partial charge in [-0.2, -0.15) is 0 Å². The second-order valence-corrected chi connectivity index (χ2v) is 15.6. The van der Waals surface area contributed by atoms with Crippen LogP contribution in [0.3, 0.4) is 0 Å². The van der Waals surface area contributed by atoms with Gasteiger partial charge in [0.05, 0.1) is 11.1 Å². The number of halogens is 6. The molecule has 45 heavy (non-hydrogen) atoms.